The summed E-state index contributed by atoms with van der Waals surface area (Å²) in [6.45, 7) is 14.0. The first kappa shape index (κ1) is 30.2. The van der Waals surface area contributed by atoms with Gasteiger partial charge in [-0.25, -0.2) is 0 Å². The van der Waals surface area contributed by atoms with E-state index in [0.717, 1.165) is 11.1 Å². The molecule has 0 bridgehead atoms. The number of rotatable bonds is 6. The van der Waals surface area contributed by atoms with E-state index in [9.17, 15) is 0 Å². The molecule has 0 fully saturated rings. The number of aryl methyl sites for hydroxylation is 1. The molecule has 0 N–H and O–H groups in total. The first-order valence-corrected chi connectivity index (χ1v) is 16.8. The van der Waals surface area contributed by atoms with Crippen molar-refractivity contribution in [1.82, 2.24) is 0 Å². The van der Waals surface area contributed by atoms with Gasteiger partial charge in [-0.05, 0) is 91.7 Å². The van der Waals surface area contributed by atoms with Gasteiger partial charge in [-0.1, -0.05) is 165 Å². The average Bonchev–Trinajstić information content (AvgIpc) is 3.71. The van der Waals surface area contributed by atoms with E-state index in [1.807, 2.05) is 12.2 Å². The van der Waals surface area contributed by atoms with Crippen LogP contribution in [0.25, 0.3) is 44.0 Å². The second kappa shape index (κ2) is 12.7. The molecular formula is C46H36S. The Morgan fingerprint density at radius 2 is 1.23 bits per heavy atom. The van der Waals surface area contributed by atoms with E-state index in [4.69, 9.17) is 0 Å². The van der Waals surface area contributed by atoms with Crippen LogP contribution in [0, 0.1) is 6.92 Å². The number of thiophene rings is 1. The molecule has 0 nitrogen and oxygen atoms in total. The summed E-state index contributed by atoms with van der Waals surface area (Å²) in [5, 5.41) is 1.36. The number of hydrogen-bond acceptors (Lipinski definition) is 1. The van der Waals surface area contributed by atoms with Crippen LogP contribution in [0.3, 0.4) is 0 Å². The Balaban J connectivity index is 0.000000245. The molecule has 0 saturated heterocycles. The molecular weight excluding hydrogens is 585 g/mol. The van der Waals surface area contributed by atoms with E-state index in [2.05, 4.69) is 178 Å². The van der Waals surface area contributed by atoms with Crippen LogP contribution in [0.2, 0.25) is 0 Å². The summed E-state index contributed by atoms with van der Waals surface area (Å²) in [7, 11) is 0. The van der Waals surface area contributed by atoms with Gasteiger partial charge in [-0.2, -0.15) is 0 Å². The van der Waals surface area contributed by atoms with Crippen molar-refractivity contribution in [3.05, 3.63) is 216 Å². The van der Waals surface area contributed by atoms with Gasteiger partial charge in [0.2, 0.25) is 0 Å². The fourth-order valence-electron chi connectivity index (χ4n) is 7.07. The molecule has 1 aliphatic carbocycles. The van der Waals surface area contributed by atoms with E-state index < -0.39 is 0 Å². The second-order valence-electron chi connectivity index (χ2n) is 11.9. The highest BCUT2D eigenvalue weighted by Crippen LogP contribution is 2.58. The Labute approximate surface area is 282 Å². The second-order valence-corrected chi connectivity index (χ2v) is 13.0. The minimum Gasteiger partial charge on any atom is -0.136 e. The van der Waals surface area contributed by atoms with Crippen molar-refractivity contribution in [2.45, 2.75) is 12.3 Å². The normalized spacial score (nSPS) is 12.4. The third-order valence-electron chi connectivity index (χ3n) is 9.27. The van der Waals surface area contributed by atoms with E-state index in [0.29, 0.717) is 0 Å². The number of benzene rings is 6. The molecule has 6 aromatic carbocycles. The zero-order valence-electron chi connectivity index (χ0n) is 26.6. The first-order valence-electron chi connectivity index (χ1n) is 15.9. The lowest BCUT2D eigenvalue weighted by atomic mass is 9.67. The number of hydrogen-bond donors (Lipinski definition) is 0. The monoisotopic (exact) mass is 620 g/mol. The van der Waals surface area contributed by atoms with E-state index >= 15 is 0 Å². The fourth-order valence-corrected chi connectivity index (χ4v) is 8.06. The van der Waals surface area contributed by atoms with E-state index in [-0.39, 0.29) is 5.41 Å². The van der Waals surface area contributed by atoms with Crippen LogP contribution in [0.1, 0.15) is 38.3 Å². The van der Waals surface area contributed by atoms with Crippen LogP contribution in [0.15, 0.2) is 177 Å². The summed E-state index contributed by atoms with van der Waals surface area (Å²) in [6, 6.07) is 54.7. The molecule has 0 spiro atoms. The van der Waals surface area contributed by atoms with Crippen molar-refractivity contribution >= 4 is 33.1 Å². The quantitative estimate of drug-likeness (QED) is 0.162. The Kier molecular flexibility index (Phi) is 8.16. The van der Waals surface area contributed by atoms with Crippen LogP contribution in [-0.2, 0) is 5.41 Å². The predicted octanol–water partition coefficient (Wildman–Crippen LogP) is 12.8. The number of fused-ring (bicyclic) bond motifs is 4. The highest BCUT2D eigenvalue weighted by atomic mass is 32.1. The maximum absolute atomic E-state index is 4.17. The molecule has 0 amide bonds. The molecule has 0 atom stereocenters. The summed E-state index contributed by atoms with van der Waals surface area (Å²) >= 11 is 1.79. The summed E-state index contributed by atoms with van der Waals surface area (Å²) < 4.78 is 1.35. The molecule has 0 unspecified atom stereocenters. The molecule has 226 valence electrons. The Morgan fingerprint density at radius 3 is 1.91 bits per heavy atom. The van der Waals surface area contributed by atoms with Crippen LogP contribution >= 0.6 is 11.3 Å². The highest BCUT2D eigenvalue weighted by molar-refractivity contribution is 7.19. The van der Waals surface area contributed by atoms with Gasteiger partial charge in [-0.15, -0.1) is 11.3 Å². The van der Waals surface area contributed by atoms with Gasteiger partial charge in [-0.3, -0.25) is 0 Å². The van der Waals surface area contributed by atoms with Crippen molar-refractivity contribution in [2.24, 2.45) is 0 Å². The summed E-state index contributed by atoms with van der Waals surface area (Å²) in [5.74, 6) is 0. The third kappa shape index (κ3) is 5.19. The van der Waals surface area contributed by atoms with Crippen molar-refractivity contribution in [3.8, 4) is 22.3 Å². The maximum Gasteiger partial charge on any atom is 0.0713 e. The predicted molar refractivity (Wildman–Crippen MR) is 205 cm³/mol. The lowest BCUT2D eigenvalue weighted by molar-refractivity contribution is 0.768. The molecule has 1 heteroatoms. The lowest BCUT2D eigenvalue weighted by Crippen LogP contribution is -2.28. The van der Waals surface area contributed by atoms with Gasteiger partial charge in [0, 0.05) is 9.58 Å². The number of allylic oxidation sites excluding steroid dienone is 2. The standard InChI is InChI=1S/C35H26.C11H10S/c1-3-25(2)26-14-12-15-27(24-26)30-21-13-23-33-34(30)31-20-10-11-22-32(31)35(33,28-16-6-4-7-17-28)29-18-8-5-9-19-29;1-3-9-7-10-8(2)5-4-6-11(10)12-9/h3-24H,1-2H2;3-7H,1H2,2H3. The summed E-state index contributed by atoms with van der Waals surface area (Å²) in [6.07, 6.45) is 3.73. The van der Waals surface area contributed by atoms with Gasteiger partial charge in [0.05, 0.1) is 5.41 Å². The topological polar surface area (TPSA) is 0 Å². The van der Waals surface area contributed by atoms with Crippen molar-refractivity contribution < 1.29 is 0 Å². The van der Waals surface area contributed by atoms with Crippen molar-refractivity contribution in [2.75, 3.05) is 0 Å². The largest absolute Gasteiger partial charge is 0.136 e. The van der Waals surface area contributed by atoms with Crippen molar-refractivity contribution in [3.63, 3.8) is 0 Å². The molecule has 1 aliphatic rings. The molecule has 0 radical (unpaired) electrons. The van der Waals surface area contributed by atoms with Crippen LogP contribution in [0.4, 0.5) is 0 Å². The zero-order chi connectivity index (χ0) is 32.4. The Morgan fingerprint density at radius 1 is 0.617 bits per heavy atom. The van der Waals surface area contributed by atoms with Crippen LogP contribution < -0.4 is 0 Å². The SMILES string of the molecule is C=CC(=C)c1cccc(-c2cccc3c2-c2ccccc2C3(c2ccccc2)c2ccccc2)c1.C=Cc1cc2c(C)cccc2s1. The van der Waals surface area contributed by atoms with Crippen LogP contribution in [0.5, 0.6) is 0 Å². The summed E-state index contributed by atoms with van der Waals surface area (Å²) in [5.41, 5.74) is 13.2. The first-order chi connectivity index (χ1) is 23.1. The van der Waals surface area contributed by atoms with E-state index in [1.165, 1.54) is 65.0 Å². The van der Waals surface area contributed by atoms with Gasteiger partial charge in [0.1, 0.15) is 0 Å². The van der Waals surface area contributed by atoms with Gasteiger partial charge in [0.25, 0.3) is 0 Å². The van der Waals surface area contributed by atoms with Crippen LogP contribution in [-0.4, -0.2) is 0 Å². The summed E-state index contributed by atoms with van der Waals surface area (Å²) in [4.78, 5) is 1.25. The van der Waals surface area contributed by atoms with Gasteiger partial charge >= 0.3 is 0 Å². The smallest absolute Gasteiger partial charge is 0.0713 e. The minimum atomic E-state index is -0.382. The highest BCUT2D eigenvalue weighted by Gasteiger charge is 2.46. The fraction of sp³-hybridized carbons (Fsp3) is 0.0435. The third-order valence-corrected chi connectivity index (χ3v) is 10.4. The van der Waals surface area contributed by atoms with Crippen molar-refractivity contribution in [1.29, 1.82) is 0 Å². The van der Waals surface area contributed by atoms with Gasteiger partial charge in [0.15, 0.2) is 0 Å². The molecule has 47 heavy (non-hydrogen) atoms. The minimum absolute atomic E-state index is 0.382. The lowest BCUT2D eigenvalue weighted by Gasteiger charge is -2.34. The maximum atomic E-state index is 4.17. The molecule has 7 aromatic rings. The molecule has 1 heterocycles. The molecule has 8 rings (SSSR count). The van der Waals surface area contributed by atoms with Gasteiger partial charge < -0.3 is 0 Å². The Hall–Kier alpha value is -5.50. The zero-order valence-corrected chi connectivity index (χ0v) is 27.4. The molecule has 0 aliphatic heterocycles. The molecule has 0 saturated carbocycles. The van der Waals surface area contributed by atoms with E-state index in [1.54, 1.807) is 11.3 Å². The molecule has 1 aromatic heterocycles. The Bertz CT molecular complexity index is 2210. The average molecular weight is 621 g/mol.